The van der Waals surface area contributed by atoms with Crippen molar-refractivity contribution >= 4 is 22.7 Å². The van der Waals surface area contributed by atoms with Crippen LogP contribution in [0, 0.1) is 0 Å². The molecule has 0 aliphatic carbocycles. The number of aliphatic imine (C=N–C) groups is 1. The van der Waals surface area contributed by atoms with Crippen LogP contribution in [0.15, 0.2) is 65.7 Å². The highest BCUT2D eigenvalue weighted by atomic mass is 16.5. The standard InChI is InChI=1S/C26H34N6O/c1-2-27-26(29-14-13-28-25-12-11-21-7-5-6-10-24(21)31-25)30-19-22-8-3-4-9-23(22)20-32-15-17-33-18-16-32/h3-12H,2,13-20H2,1H3,(H,28,31)(H2,27,29,30). The molecule has 7 heteroatoms. The first-order valence-corrected chi connectivity index (χ1v) is 11.8. The molecule has 0 spiro atoms. The third-order valence-electron chi connectivity index (χ3n) is 5.69. The molecule has 0 saturated carbocycles. The fraction of sp³-hybridized carbons (Fsp3) is 0.385. The van der Waals surface area contributed by atoms with E-state index in [4.69, 9.17) is 9.73 Å². The van der Waals surface area contributed by atoms with Gasteiger partial charge in [0.05, 0.1) is 25.3 Å². The van der Waals surface area contributed by atoms with Crippen molar-refractivity contribution in [2.24, 2.45) is 4.99 Å². The number of aromatic nitrogens is 1. The van der Waals surface area contributed by atoms with Gasteiger partial charge in [-0.15, -0.1) is 0 Å². The average Bonchev–Trinajstić information content (AvgIpc) is 2.86. The van der Waals surface area contributed by atoms with Gasteiger partial charge in [-0.25, -0.2) is 9.98 Å². The van der Waals surface area contributed by atoms with Gasteiger partial charge >= 0.3 is 0 Å². The van der Waals surface area contributed by atoms with Gasteiger partial charge in [-0.2, -0.15) is 0 Å². The van der Waals surface area contributed by atoms with Crippen LogP contribution in [0.4, 0.5) is 5.82 Å². The first kappa shape index (κ1) is 23.0. The van der Waals surface area contributed by atoms with Gasteiger partial charge < -0.3 is 20.7 Å². The van der Waals surface area contributed by atoms with Crippen molar-refractivity contribution in [1.29, 1.82) is 0 Å². The molecule has 3 aromatic rings. The summed E-state index contributed by atoms with van der Waals surface area (Å²) in [5, 5.41) is 11.3. The summed E-state index contributed by atoms with van der Waals surface area (Å²) >= 11 is 0. The molecule has 1 aliphatic heterocycles. The summed E-state index contributed by atoms with van der Waals surface area (Å²) in [7, 11) is 0. The Morgan fingerprint density at radius 2 is 1.73 bits per heavy atom. The Hall–Kier alpha value is -3.16. The Labute approximate surface area is 196 Å². The molecule has 2 heterocycles. The lowest BCUT2D eigenvalue weighted by Gasteiger charge is -2.27. The quantitative estimate of drug-likeness (QED) is 0.266. The first-order chi connectivity index (χ1) is 16.3. The van der Waals surface area contributed by atoms with Crippen molar-refractivity contribution in [3.05, 3.63) is 71.8 Å². The molecule has 33 heavy (non-hydrogen) atoms. The van der Waals surface area contributed by atoms with Gasteiger partial charge in [0.25, 0.3) is 0 Å². The molecule has 1 saturated heterocycles. The molecule has 0 atom stereocenters. The number of ether oxygens (including phenoxy) is 1. The second kappa shape index (κ2) is 12.2. The zero-order valence-corrected chi connectivity index (χ0v) is 19.4. The maximum Gasteiger partial charge on any atom is 0.191 e. The van der Waals surface area contributed by atoms with E-state index in [1.54, 1.807) is 0 Å². The van der Waals surface area contributed by atoms with E-state index in [1.165, 1.54) is 11.1 Å². The molecule has 0 amide bonds. The number of rotatable bonds is 9. The molecule has 0 radical (unpaired) electrons. The normalized spacial score (nSPS) is 14.9. The van der Waals surface area contributed by atoms with Crippen LogP contribution in [0.3, 0.4) is 0 Å². The van der Waals surface area contributed by atoms with Gasteiger partial charge in [0.1, 0.15) is 5.82 Å². The lowest BCUT2D eigenvalue weighted by atomic mass is 10.1. The van der Waals surface area contributed by atoms with Crippen LogP contribution in [-0.2, 0) is 17.8 Å². The summed E-state index contributed by atoms with van der Waals surface area (Å²) in [6.45, 7) is 9.61. The van der Waals surface area contributed by atoms with Crippen molar-refractivity contribution in [2.45, 2.75) is 20.0 Å². The van der Waals surface area contributed by atoms with E-state index in [1.807, 2.05) is 24.3 Å². The first-order valence-electron chi connectivity index (χ1n) is 11.8. The number of benzene rings is 2. The summed E-state index contributed by atoms with van der Waals surface area (Å²) < 4.78 is 5.48. The molecule has 1 aromatic heterocycles. The molecule has 174 valence electrons. The zero-order valence-electron chi connectivity index (χ0n) is 19.4. The predicted molar refractivity (Wildman–Crippen MR) is 136 cm³/mol. The average molecular weight is 447 g/mol. The number of pyridine rings is 1. The van der Waals surface area contributed by atoms with Crippen LogP contribution in [0.5, 0.6) is 0 Å². The summed E-state index contributed by atoms with van der Waals surface area (Å²) in [4.78, 5) is 11.9. The van der Waals surface area contributed by atoms with Gasteiger partial charge in [-0.05, 0) is 36.2 Å². The van der Waals surface area contributed by atoms with Gasteiger partial charge in [0, 0.05) is 44.7 Å². The van der Waals surface area contributed by atoms with E-state index < -0.39 is 0 Å². The second-order valence-electron chi connectivity index (χ2n) is 8.10. The Balaban J connectivity index is 1.30. The number of hydrogen-bond acceptors (Lipinski definition) is 5. The smallest absolute Gasteiger partial charge is 0.191 e. The molecule has 3 N–H and O–H groups in total. The topological polar surface area (TPSA) is 73.8 Å². The number of fused-ring (bicyclic) bond motifs is 1. The zero-order chi connectivity index (χ0) is 22.7. The third kappa shape index (κ3) is 6.91. The molecule has 1 fully saturated rings. The Bertz CT molecular complexity index is 1050. The van der Waals surface area contributed by atoms with Crippen molar-refractivity contribution in [1.82, 2.24) is 20.5 Å². The van der Waals surface area contributed by atoms with Gasteiger partial charge in [0.2, 0.25) is 0 Å². The number of nitrogens with one attached hydrogen (secondary N) is 3. The highest BCUT2D eigenvalue weighted by Crippen LogP contribution is 2.15. The third-order valence-corrected chi connectivity index (χ3v) is 5.69. The fourth-order valence-corrected chi connectivity index (χ4v) is 3.91. The molecular formula is C26H34N6O. The molecule has 7 nitrogen and oxygen atoms in total. The number of para-hydroxylation sites is 1. The van der Waals surface area contributed by atoms with Crippen molar-refractivity contribution in [2.75, 3.05) is 51.3 Å². The van der Waals surface area contributed by atoms with E-state index in [-0.39, 0.29) is 0 Å². The summed E-state index contributed by atoms with van der Waals surface area (Å²) in [6, 6.07) is 20.9. The molecule has 0 bridgehead atoms. The maximum atomic E-state index is 5.48. The second-order valence-corrected chi connectivity index (χ2v) is 8.10. The Morgan fingerprint density at radius 3 is 2.58 bits per heavy atom. The molecule has 2 aromatic carbocycles. The van der Waals surface area contributed by atoms with Crippen LogP contribution in [0.1, 0.15) is 18.1 Å². The fourth-order valence-electron chi connectivity index (χ4n) is 3.91. The van der Waals surface area contributed by atoms with Crippen LogP contribution in [-0.4, -0.2) is 61.8 Å². The SMILES string of the molecule is CCNC(=NCc1ccccc1CN1CCOCC1)NCCNc1ccc2ccccc2n1. The van der Waals surface area contributed by atoms with E-state index >= 15 is 0 Å². The van der Waals surface area contributed by atoms with Gasteiger partial charge in [-0.1, -0.05) is 42.5 Å². The Kier molecular flexibility index (Phi) is 8.49. The lowest BCUT2D eigenvalue weighted by Crippen LogP contribution is -2.39. The minimum Gasteiger partial charge on any atom is -0.379 e. The number of anilines is 1. The number of guanidine groups is 1. The number of morpholine rings is 1. The number of hydrogen-bond donors (Lipinski definition) is 3. The van der Waals surface area contributed by atoms with Crippen molar-refractivity contribution in [3.8, 4) is 0 Å². The van der Waals surface area contributed by atoms with E-state index in [0.29, 0.717) is 6.54 Å². The highest BCUT2D eigenvalue weighted by molar-refractivity contribution is 5.80. The molecular weight excluding hydrogens is 412 g/mol. The van der Waals surface area contributed by atoms with Crippen LogP contribution in [0.2, 0.25) is 0 Å². The van der Waals surface area contributed by atoms with E-state index in [2.05, 4.69) is 69.2 Å². The minimum absolute atomic E-state index is 0.648. The van der Waals surface area contributed by atoms with Crippen LogP contribution in [0.25, 0.3) is 10.9 Å². The minimum atomic E-state index is 0.648. The van der Waals surface area contributed by atoms with Crippen molar-refractivity contribution < 1.29 is 4.74 Å². The van der Waals surface area contributed by atoms with Crippen LogP contribution >= 0.6 is 0 Å². The summed E-state index contributed by atoms with van der Waals surface area (Å²) in [5.74, 6) is 1.71. The Morgan fingerprint density at radius 1 is 0.939 bits per heavy atom. The highest BCUT2D eigenvalue weighted by Gasteiger charge is 2.12. The van der Waals surface area contributed by atoms with Gasteiger partial charge in [0.15, 0.2) is 5.96 Å². The lowest BCUT2D eigenvalue weighted by molar-refractivity contribution is 0.0341. The summed E-state index contributed by atoms with van der Waals surface area (Å²) in [6.07, 6.45) is 0. The molecule has 4 rings (SSSR count). The monoisotopic (exact) mass is 446 g/mol. The predicted octanol–water partition coefficient (Wildman–Crippen LogP) is 3.23. The maximum absolute atomic E-state index is 5.48. The molecule has 0 unspecified atom stereocenters. The van der Waals surface area contributed by atoms with Crippen LogP contribution < -0.4 is 16.0 Å². The molecule has 1 aliphatic rings. The van der Waals surface area contributed by atoms with E-state index in [0.717, 1.165) is 75.2 Å². The van der Waals surface area contributed by atoms with Gasteiger partial charge in [-0.3, -0.25) is 4.90 Å². The summed E-state index contributed by atoms with van der Waals surface area (Å²) in [5.41, 5.74) is 3.60. The van der Waals surface area contributed by atoms with E-state index in [9.17, 15) is 0 Å². The largest absolute Gasteiger partial charge is 0.379 e. The van der Waals surface area contributed by atoms with Crippen molar-refractivity contribution in [3.63, 3.8) is 0 Å². The number of nitrogens with zero attached hydrogens (tertiary/aromatic N) is 3.